The van der Waals surface area contributed by atoms with Crippen molar-refractivity contribution in [1.82, 2.24) is 19.8 Å². The lowest BCUT2D eigenvalue weighted by Crippen LogP contribution is -2.50. The summed E-state index contributed by atoms with van der Waals surface area (Å²) in [6.45, 7) is 12.3. The molecule has 2 saturated heterocycles. The predicted octanol–water partition coefficient (Wildman–Crippen LogP) is 4.05. The zero-order valence-electron chi connectivity index (χ0n) is 21.6. The zero-order chi connectivity index (χ0) is 25.7. The Kier molecular flexibility index (Phi) is 7.93. The first-order valence-corrected chi connectivity index (χ1v) is 12.6. The second-order valence-corrected chi connectivity index (χ2v) is 10.0. The molecule has 4 rings (SSSR count). The Hall–Kier alpha value is -3.40. The van der Waals surface area contributed by atoms with Crippen LogP contribution in [0.2, 0.25) is 0 Å². The summed E-state index contributed by atoms with van der Waals surface area (Å²) in [5.41, 5.74) is 1.89. The summed E-state index contributed by atoms with van der Waals surface area (Å²) in [6.07, 6.45) is 2.01. The lowest BCUT2D eigenvalue weighted by molar-refractivity contribution is 0.00997. The molecule has 0 aliphatic carbocycles. The van der Waals surface area contributed by atoms with E-state index in [1.54, 1.807) is 17.2 Å². The average Bonchev–Trinajstić information content (AvgIpc) is 3.29. The molecule has 0 spiro atoms. The molecular weight excluding hydrogens is 460 g/mol. The van der Waals surface area contributed by atoms with Crippen molar-refractivity contribution < 1.29 is 19.1 Å². The number of nitrogens with one attached hydrogen (secondary N) is 1. The van der Waals surface area contributed by atoms with E-state index < -0.39 is 5.60 Å². The summed E-state index contributed by atoms with van der Waals surface area (Å²) in [6, 6.07) is 10.6. The van der Waals surface area contributed by atoms with Crippen LogP contribution in [-0.2, 0) is 16.0 Å². The van der Waals surface area contributed by atoms with E-state index in [-0.39, 0.29) is 12.2 Å². The quantitative estimate of drug-likeness (QED) is 0.613. The van der Waals surface area contributed by atoms with Crippen LogP contribution in [0.3, 0.4) is 0 Å². The van der Waals surface area contributed by atoms with E-state index in [1.807, 2.05) is 20.8 Å². The Morgan fingerprint density at radius 1 is 1.11 bits per heavy atom. The second-order valence-electron chi connectivity index (χ2n) is 10.0. The van der Waals surface area contributed by atoms with Gasteiger partial charge in [-0.2, -0.15) is 4.98 Å². The van der Waals surface area contributed by atoms with Crippen molar-refractivity contribution in [2.45, 2.75) is 52.3 Å². The molecule has 0 radical (unpaired) electrons. The Morgan fingerprint density at radius 3 is 2.44 bits per heavy atom. The highest BCUT2D eigenvalue weighted by molar-refractivity contribution is 5.88. The van der Waals surface area contributed by atoms with Gasteiger partial charge in [0, 0.05) is 45.0 Å². The molecule has 1 atom stereocenters. The molecule has 194 valence electrons. The predicted molar refractivity (Wildman–Crippen MR) is 137 cm³/mol. The monoisotopic (exact) mass is 496 g/mol. The first-order chi connectivity index (χ1) is 17.2. The molecular formula is C26H36N6O4. The van der Waals surface area contributed by atoms with Gasteiger partial charge in [0.1, 0.15) is 18.0 Å². The van der Waals surface area contributed by atoms with Crippen LogP contribution in [0, 0.1) is 0 Å². The van der Waals surface area contributed by atoms with E-state index >= 15 is 0 Å². The molecule has 2 fully saturated rings. The molecule has 0 bridgehead atoms. The topological polar surface area (TPSA) is 100 Å². The van der Waals surface area contributed by atoms with Crippen molar-refractivity contribution >= 4 is 24.0 Å². The van der Waals surface area contributed by atoms with Gasteiger partial charge in [0.05, 0.1) is 6.54 Å². The lowest BCUT2D eigenvalue weighted by atomic mass is 10.0. The summed E-state index contributed by atoms with van der Waals surface area (Å²) in [4.78, 5) is 38.6. The molecule has 36 heavy (non-hydrogen) atoms. The highest BCUT2D eigenvalue weighted by Crippen LogP contribution is 2.26. The minimum absolute atomic E-state index is 0.234. The molecule has 3 heterocycles. The standard InChI is InChI=1S/C26H36N6O4/c1-5-21(30-12-14-31(15-13-30)24(33)36-26(2,3)4)20-8-6-19(7-9-20)18-28-23-27-11-10-22(29-23)32-16-17-35-25(32)34/h6-11,21H,5,12-18H2,1-4H3,(H,27,28,29). The summed E-state index contributed by atoms with van der Waals surface area (Å²) < 4.78 is 10.5. The van der Waals surface area contributed by atoms with Crippen LogP contribution in [-0.4, -0.2) is 76.9 Å². The minimum atomic E-state index is -0.479. The third-order valence-corrected chi connectivity index (χ3v) is 6.29. The second kappa shape index (κ2) is 11.1. The van der Waals surface area contributed by atoms with Gasteiger partial charge >= 0.3 is 12.2 Å². The van der Waals surface area contributed by atoms with Gasteiger partial charge in [-0.05, 0) is 44.4 Å². The maximum atomic E-state index is 12.4. The van der Waals surface area contributed by atoms with Crippen LogP contribution >= 0.6 is 0 Å². The molecule has 2 amide bonds. The molecule has 2 aromatic rings. The van der Waals surface area contributed by atoms with E-state index in [0.29, 0.717) is 50.6 Å². The molecule has 2 aliphatic rings. The molecule has 0 saturated carbocycles. The normalized spacial score (nSPS) is 17.6. The van der Waals surface area contributed by atoms with Crippen molar-refractivity contribution in [1.29, 1.82) is 0 Å². The Morgan fingerprint density at radius 2 is 1.83 bits per heavy atom. The molecule has 1 aromatic heterocycles. The smallest absolute Gasteiger partial charge is 0.415 e. The van der Waals surface area contributed by atoms with Crippen LogP contribution < -0.4 is 10.2 Å². The van der Waals surface area contributed by atoms with Crippen LogP contribution in [0.4, 0.5) is 21.4 Å². The summed E-state index contributed by atoms with van der Waals surface area (Å²) in [5, 5.41) is 3.24. The number of carbonyl (C=O) groups is 2. The average molecular weight is 497 g/mol. The number of rotatable bonds is 7. The Bertz CT molecular complexity index is 1050. The van der Waals surface area contributed by atoms with Crippen molar-refractivity contribution in [3.05, 3.63) is 47.7 Å². The first kappa shape index (κ1) is 25.7. The number of ether oxygens (including phenoxy) is 2. The number of piperazine rings is 1. The van der Waals surface area contributed by atoms with Gasteiger partial charge in [0.15, 0.2) is 0 Å². The van der Waals surface area contributed by atoms with Crippen LogP contribution in [0.5, 0.6) is 0 Å². The fourth-order valence-corrected chi connectivity index (χ4v) is 4.47. The SMILES string of the molecule is CCC(c1ccc(CNc2nccc(N3CCOC3=O)n2)cc1)N1CCN(C(=O)OC(C)(C)C)CC1. The number of cyclic esters (lactones) is 1. The van der Waals surface area contributed by atoms with Crippen LogP contribution in [0.15, 0.2) is 36.5 Å². The van der Waals surface area contributed by atoms with Gasteiger partial charge in [-0.1, -0.05) is 31.2 Å². The summed E-state index contributed by atoms with van der Waals surface area (Å²) in [7, 11) is 0. The highest BCUT2D eigenvalue weighted by Gasteiger charge is 2.29. The molecule has 10 heteroatoms. The minimum Gasteiger partial charge on any atom is -0.447 e. The number of aromatic nitrogens is 2. The third kappa shape index (κ3) is 6.42. The largest absolute Gasteiger partial charge is 0.447 e. The molecule has 10 nitrogen and oxygen atoms in total. The maximum absolute atomic E-state index is 12.4. The molecule has 1 unspecified atom stereocenters. The number of amides is 2. The fraction of sp³-hybridized carbons (Fsp3) is 0.538. The first-order valence-electron chi connectivity index (χ1n) is 12.6. The van der Waals surface area contributed by atoms with Gasteiger partial charge in [-0.15, -0.1) is 0 Å². The van der Waals surface area contributed by atoms with Gasteiger partial charge in [-0.3, -0.25) is 9.80 Å². The lowest BCUT2D eigenvalue weighted by Gasteiger charge is -2.39. The van der Waals surface area contributed by atoms with Crippen LogP contribution in [0.25, 0.3) is 0 Å². The van der Waals surface area contributed by atoms with Crippen LogP contribution in [0.1, 0.15) is 51.3 Å². The highest BCUT2D eigenvalue weighted by atomic mass is 16.6. The third-order valence-electron chi connectivity index (χ3n) is 6.29. The van der Waals surface area contributed by atoms with Crippen molar-refractivity contribution in [3.63, 3.8) is 0 Å². The number of carbonyl (C=O) groups excluding carboxylic acids is 2. The zero-order valence-corrected chi connectivity index (χ0v) is 21.6. The van der Waals surface area contributed by atoms with Crippen molar-refractivity contribution in [2.75, 3.05) is 49.5 Å². The fourth-order valence-electron chi connectivity index (χ4n) is 4.47. The van der Waals surface area contributed by atoms with E-state index in [9.17, 15) is 9.59 Å². The summed E-state index contributed by atoms with van der Waals surface area (Å²) >= 11 is 0. The molecule has 2 aliphatic heterocycles. The van der Waals surface area contributed by atoms with Gasteiger partial charge in [-0.25, -0.2) is 14.6 Å². The number of hydrogen-bond acceptors (Lipinski definition) is 8. The number of benzene rings is 1. The Balaban J connectivity index is 1.31. The Labute approximate surface area is 212 Å². The van der Waals surface area contributed by atoms with E-state index in [0.717, 1.165) is 25.1 Å². The summed E-state index contributed by atoms with van der Waals surface area (Å²) in [5.74, 6) is 0.994. The maximum Gasteiger partial charge on any atom is 0.415 e. The number of nitrogens with zero attached hydrogens (tertiary/aromatic N) is 5. The van der Waals surface area contributed by atoms with Gasteiger partial charge in [0.25, 0.3) is 0 Å². The van der Waals surface area contributed by atoms with Crippen molar-refractivity contribution in [2.24, 2.45) is 0 Å². The van der Waals surface area contributed by atoms with E-state index in [4.69, 9.17) is 9.47 Å². The van der Waals surface area contributed by atoms with E-state index in [2.05, 4.69) is 51.4 Å². The van der Waals surface area contributed by atoms with Crippen molar-refractivity contribution in [3.8, 4) is 0 Å². The van der Waals surface area contributed by atoms with Gasteiger partial charge in [0.2, 0.25) is 5.95 Å². The number of anilines is 2. The van der Waals surface area contributed by atoms with E-state index in [1.165, 1.54) is 10.5 Å². The van der Waals surface area contributed by atoms with Gasteiger partial charge < -0.3 is 19.7 Å². The molecule has 1 aromatic carbocycles. The number of hydrogen-bond donors (Lipinski definition) is 1. The molecule has 1 N–H and O–H groups in total.